The van der Waals surface area contributed by atoms with Gasteiger partial charge in [-0.25, -0.2) is 0 Å². The Morgan fingerprint density at radius 3 is 2.31 bits per heavy atom. The van der Waals surface area contributed by atoms with Crippen molar-refractivity contribution in [3.8, 4) is 0 Å². The fourth-order valence-electron chi connectivity index (χ4n) is 2.00. The Kier molecular flexibility index (Phi) is 5.53. The van der Waals surface area contributed by atoms with Gasteiger partial charge < -0.3 is 20.8 Å². The highest BCUT2D eigenvalue weighted by atomic mass is 19.4. The number of alkyl halides is 3. The van der Waals surface area contributed by atoms with Gasteiger partial charge in [-0.2, -0.15) is 18.2 Å². The molecule has 4 N–H and O–H groups in total. The first-order valence-electron chi connectivity index (χ1n) is 7.57. The van der Waals surface area contributed by atoms with Crippen LogP contribution in [0.4, 0.5) is 24.9 Å². The maximum Gasteiger partial charge on any atom is 0.436 e. The van der Waals surface area contributed by atoms with Gasteiger partial charge in [-0.3, -0.25) is 9.59 Å². The van der Waals surface area contributed by atoms with Crippen LogP contribution >= 0.6 is 0 Å². The van der Waals surface area contributed by atoms with Gasteiger partial charge >= 0.3 is 6.18 Å². The first-order valence-corrected chi connectivity index (χ1v) is 7.57. The van der Waals surface area contributed by atoms with Gasteiger partial charge in [0.15, 0.2) is 5.69 Å². The summed E-state index contributed by atoms with van der Waals surface area (Å²) in [6.45, 7) is 3.13. The van der Waals surface area contributed by atoms with Gasteiger partial charge in [0.2, 0.25) is 11.8 Å². The van der Waals surface area contributed by atoms with Gasteiger partial charge in [0.1, 0.15) is 12.3 Å². The fourth-order valence-corrected chi connectivity index (χ4v) is 2.00. The number of aromatic nitrogens is 1. The van der Waals surface area contributed by atoms with E-state index in [-0.39, 0.29) is 11.9 Å². The van der Waals surface area contributed by atoms with Crippen LogP contribution in [0.1, 0.15) is 31.0 Å². The highest BCUT2D eigenvalue weighted by Gasteiger charge is 2.34. The molecule has 0 aliphatic heterocycles. The Balaban J connectivity index is 2.02. The van der Waals surface area contributed by atoms with E-state index < -0.39 is 29.7 Å². The molecule has 0 spiro atoms. The predicted molar refractivity (Wildman–Crippen MR) is 86.4 cm³/mol. The molecule has 0 bridgehead atoms. The summed E-state index contributed by atoms with van der Waals surface area (Å²) in [4.78, 5) is 26.4. The van der Waals surface area contributed by atoms with Crippen LogP contribution in [0.25, 0.3) is 0 Å². The van der Waals surface area contributed by atoms with Crippen LogP contribution < -0.4 is 16.4 Å². The zero-order chi connectivity index (χ0) is 19.5. The summed E-state index contributed by atoms with van der Waals surface area (Å²) in [6, 6.07) is 5.27. The molecule has 140 valence electrons. The second-order valence-electron chi connectivity index (χ2n) is 5.64. The highest BCUT2D eigenvalue weighted by molar-refractivity contribution is 5.89. The normalized spacial score (nSPS) is 13.7. The van der Waals surface area contributed by atoms with E-state index in [1.165, 1.54) is 6.92 Å². The minimum Gasteiger partial charge on any atom is -0.431 e. The number of halogens is 3. The summed E-state index contributed by atoms with van der Waals surface area (Å²) in [5.41, 5.74) is 5.04. The van der Waals surface area contributed by atoms with Crippen molar-refractivity contribution < 1.29 is 27.2 Å². The van der Waals surface area contributed by atoms with Crippen molar-refractivity contribution in [2.24, 2.45) is 5.73 Å². The molecule has 2 amide bonds. The number of hydrogen-bond donors (Lipinski definition) is 3. The molecule has 0 radical (unpaired) electrons. The molecule has 1 heterocycles. The van der Waals surface area contributed by atoms with Crippen molar-refractivity contribution in [1.29, 1.82) is 0 Å². The molecule has 0 saturated carbocycles. The van der Waals surface area contributed by atoms with Crippen LogP contribution in [0, 0.1) is 0 Å². The number of benzene rings is 1. The lowest BCUT2D eigenvalue weighted by Gasteiger charge is -2.16. The summed E-state index contributed by atoms with van der Waals surface area (Å²) in [5.74, 6) is -1.57. The van der Waals surface area contributed by atoms with Crippen LogP contribution in [-0.2, 0) is 15.8 Å². The first-order chi connectivity index (χ1) is 12.1. The van der Waals surface area contributed by atoms with Crippen LogP contribution in [-0.4, -0.2) is 22.8 Å². The van der Waals surface area contributed by atoms with Crippen molar-refractivity contribution in [3.63, 3.8) is 0 Å². The third-order valence-electron chi connectivity index (χ3n) is 3.64. The molecule has 0 unspecified atom stereocenters. The molecule has 10 heteroatoms. The largest absolute Gasteiger partial charge is 0.436 e. The summed E-state index contributed by atoms with van der Waals surface area (Å²) in [7, 11) is 0. The number of carbonyl (C=O) groups is 2. The molecule has 2 atom stereocenters. The summed E-state index contributed by atoms with van der Waals surface area (Å²) in [6.07, 6.45) is -4.07. The number of amides is 2. The molecule has 0 fully saturated rings. The average molecular weight is 370 g/mol. The predicted octanol–water partition coefficient (Wildman–Crippen LogP) is 2.53. The number of hydrogen-bond acceptors (Lipinski definition) is 5. The highest BCUT2D eigenvalue weighted by Crippen LogP contribution is 2.30. The third kappa shape index (κ3) is 4.74. The van der Waals surface area contributed by atoms with Crippen molar-refractivity contribution in [1.82, 2.24) is 10.3 Å². The second-order valence-corrected chi connectivity index (χ2v) is 5.64. The van der Waals surface area contributed by atoms with E-state index in [2.05, 4.69) is 15.6 Å². The van der Waals surface area contributed by atoms with E-state index in [4.69, 9.17) is 10.2 Å². The van der Waals surface area contributed by atoms with Gasteiger partial charge in [-0.05, 0) is 31.5 Å². The number of rotatable bonds is 6. The monoisotopic (exact) mass is 370 g/mol. The standard InChI is InChI=1S/C16H17F3N4O3/c1-8(14(25)21-9(2)13(20)24)10-3-5-11(6-4-10)22-15-23-12(7-26-15)16(17,18)19/h3-9H,1-2H3,(H2,20,24)(H,21,25)(H,22,23)/t8-,9-/m0/s1. The zero-order valence-electron chi connectivity index (χ0n) is 13.9. The van der Waals surface area contributed by atoms with Gasteiger partial charge in [-0.1, -0.05) is 12.1 Å². The van der Waals surface area contributed by atoms with Crippen molar-refractivity contribution in [2.75, 3.05) is 5.32 Å². The lowest BCUT2D eigenvalue weighted by atomic mass is 9.99. The Morgan fingerprint density at radius 1 is 1.19 bits per heavy atom. The van der Waals surface area contributed by atoms with Gasteiger partial charge in [0, 0.05) is 5.69 Å². The summed E-state index contributed by atoms with van der Waals surface area (Å²) >= 11 is 0. The summed E-state index contributed by atoms with van der Waals surface area (Å²) < 4.78 is 42.2. The second kappa shape index (κ2) is 7.46. The Labute approximate surface area is 146 Å². The Morgan fingerprint density at radius 2 is 1.81 bits per heavy atom. The molecule has 2 rings (SSSR count). The molecule has 0 aliphatic carbocycles. The zero-order valence-corrected chi connectivity index (χ0v) is 13.9. The number of nitrogens with zero attached hydrogens (tertiary/aromatic N) is 1. The van der Waals surface area contributed by atoms with Crippen LogP contribution in [0.15, 0.2) is 34.9 Å². The van der Waals surface area contributed by atoms with Gasteiger partial charge in [0.05, 0.1) is 5.92 Å². The quantitative estimate of drug-likeness (QED) is 0.724. The summed E-state index contributed by atoms with van der Waals surface area (Å²) in [5, 5.41) is 5.09. The molecule has 1 aromatic heterocycles. The molecule has 26 heavy (non-hydrogen) atoms. The number of nitrogens with two attached hydrogens (primary N) is 1. The smallest absolute Gasteiger partial charge is 0.431 e. The van der Waals surface area contributed by atoms with E-state index in [0.717, 1.165) is 0 Å². The molecule has 0 aliphatic rings. The van der Waals surface area contributed by atoms with E-state index in [0.29, 0.717) is 17.5 Å². The first kappa shape index (κ1) is 19.3. The van der Waals surface area contributed by atoms with E-state index >= 15 is 0 Å². The van der Waals surface area contributed by atoms with Crippen LogP contribution in [0.3, 0.4) is 0 Å². The van der Waals surface area contributed by atoms with Crippen molar-refractivity contribution >= 4 is 23.5 Å². The molecule has 2 aromatic rings. The van der Waals surface area contributed by atoms with Crippen molar-refractivity contribution in [3.05, 3.63) is 41.8 Å². The molecule has 0 saturated heterocycles. The lowest BCUT2D eigenvalue weighted by Crippen LogP contribution is -2.43. The molecular formula is C16H17F3N4O3. The fraction of sp³-hybridized carbons (Fsp3) is 0.312. The molecular weight excluding hydrogens is 353 g/mol. The number of anilines is 2. The number of primary amides is 1. The van der Waals surface area contributed by atoms with Gasteiger partial charge in [0.25, 0.3) is 6.01 Å². The van der Waals surface area contributed by atoms with Gasteiger partial charge in [-0.15, -0.1) is 0 Å². The number of carbonyl (C=O) groups excluding carboxylic acids is 2. The minimum atomic E-state index is -4.59. The number of oxazole rings is 1. The average Bonchev–Trinajstić information content (AvgIpc) is 3.03. The van der Waals surface area contributed by atoms with E-state index in [9.17, 15) is 22.8 Å². The Hall–Kier alpha value is -3.04. The van der Waals surface area contributed by atoms with Crippen LogP contribution in [0.5, 0.6) is 0 Å². The maximum absolute atomic E-state index is 12.5. The topological polar surface area (TPSA) is 110 Å². The maximum atomic E-state index is 12.5. The van der Waals surface area contributed by atoms with E-state index in [1.807, 2.05) is 0 Å². The third-order valence-corrected chi connectivity index (χ3v) is 3.64. The molecule has 7 nitrogen and oxygen atoms in total. The SMILES string of the molecule is C[C@H](NC(=O)[C@@H](C)c1ccc(Nc2nc(C(F)(F)F)co2)cc1)C(N)=O. The molecule has 1 aromatic carbocycles. The Bertz CT molecular complexity index is 787. The number of nitrogens with one attached hydrogen (secondary N) is 2. The van der Waals surface area contributed by atoms with Crippen molar-refractivity contribution in [2.45, 2.75) is 32.0 Å². The van der Waals surface area contributed by atoms with E-state index in [1.54, 1.807) is 31.2 Å². The lowest BCUT2D eigenvalue weighted by molar-refractivity contribution is -0.141. The minimum absolute atomic E-state index is 0.300. The van der Waals surface area contributed by atoms with Crippen LogP contribution in [0.2, 0.25) is 0 Å².